The van der Waals surface area contributed by atoms with E-state index in [1.807, 2.05) is 6.92 Å². The molecule has 1 heterocycles. The predicted octanol–water partition coefficient (Wildman–Crippen LogP) is 3.29. The molecule has 0 aliphatic carbocycles. The molecule has 5 heteroatoms. The minimum atomic E-state index is -0.804. The normalized spacial score (nSPS) is 12.7. The van der Waals surface area contributed by atoms with Crippen molar-refractivity contribution in [2.45, 2.75) is 19.6 Å². The summed E-state index contributed by atoms with van der Waals surface area (Å²) in [5.41, 5.74) is 1.30. The summed E-state index contributed by atoms with van der Waals surface area (Å²) in [6, 6.07) is 5.03. The van der Waals surface area contributed by atoms with Crippen LogP contribution < -0.4 is 0 Å². The first-order chi connectivity index (χ1) is 8.11. The van der Waals surface area contributed by atoms with E-state index in [-0.39, 0.29) is 0 Å². The standard InChI is InChI=1S/C12H12Cl2N2O/c1-2-16-7-8(6-15-16)12(17)10-5-9(13)3-4-11(10)14/h3-7,12,17H,2H2,1H3. The zero-order valence-electron chi connectivity index (χ0n) is 9.27. The minimum absolute atomic E-state index is 0.492. The molecule has 0 bridgehead atoms. The van der Waals surface area contributed by atoms with Crippen molar-refractivity contribution in [3.63, 3.8) is 0 Å². The SMILES string of the molecule is CCn1cc(C(O)c2cc(Cl)ccc2Cl)cn1. The Balaban J connectivity index is 2.35. The van der Waals surface area contributed by atoms with Gasteiger partial charge in [-0.1, -0.05) is 23.2 Å². The molecule has 0 saturated heterocycles. The van der Waals surface area contributed by atoms with Crippen LogP contribution in [0.3, 0.4) is 0 Å². The van der Waals surface area contributed by atoms with Gasteiger partial charge in [0.25, 0.3) is 0 Å². The topological polar surface area (TPSA) is 38.0 Å². The van der Waals surface area contributed by atoms with Gasteiger partial charge in [-0.25, -0.2) is 0 Å². The number of nitrogens with zero attached hydrogens (tertiary/aromatic N) is 2. The third kappa shape index (κ3) is 2.63. The van der Waals surface area contributed by atoms with Crippen molar-refractivity contribution in [2.24, 2.45) is 0 Å². The highest BCUT2D eigenvalue weighted by Gasteiger charge is 2.16. The molecule has 0 aliphatic rings. The van der Waals surface area contributed by atoms with E-state index < -0.39 is 6.10 Å². The van der Waals surface area contributed by atoms with Gasteiger partial charge in [-0.3, -0.25) is 4.68 Å². The van der Waals surface area contributed by atoms with E-state index in [0.717, 1.165) is 6.54 Å². The van der Waals surface area contributed by atoms with Crippen LogP contribution in [-0.2, 0) is 6.54 Å². The summed E-state index contributed by atoms with van der Waals surface area (Å²) >= 11 is 11.9. The molecular formula is C12H12Cl2N2O. The first-order valence-corrected chi connectivity index (χ1v) is 6.02. The quantitative estimate of drug-likeness (QED) is 0.930. The van der Waals surface area contributed by atoms with Gasteiger partial charge >= 0.3 is 0 Å². The van der Waals surface area contributed by atoms with Crippen LogP contribution in [0, 0.1) is 0 Å². The first-order valence-electron chi connectivity index (χ1n) is 5.27. The van der Waals surface area contributed by atoms with Crippen LogP contribution in [0.2, 0.25) is 10.0 Å². The lowest BCUT2D eigenvalue weighted by atomic mass is 10.0. The molecule has 1 N–H and O–H groups in total. The Hall–Kier alpha value is -1.03. The van der Waals surface area contributed by atoms with Crippen molar-refractivity contribution in [2.75, 3.05) is 0 Å². The predicted molar refractivity (Wildman–Crippen MR) is 68.4 cm³/mol. The summed E-state index contributed by atoms with van der Waals surface area (Å²) in [5.74, 6) is 0. The molecular weight excluding hydrogens is 259 g/mol. The molecule has 3 nitrogen and oxygen atoms in total. The molecule has 1 atom stereocenters. The van der Waals surface area contributed by atoms with Gasteiger partial charge in [0.15, 0.2) is 0 Å². The average molecular weight is 271 g/mol. The number of aromatic nitrogens is 2. The number of aliphatic hydroxyl groups excluding tert-OH is 1. The first kappa shape index (κ1) is 12.4. The molecule has 17 heavy (non-hydrogen) atoms. The smallest absolute Gasteiger partial charge is 0.109 e. The molecule has 0 spiro atoms. The van der Waals surface area contributed by atoms with Gasteiger partial charge < -0.3 is 5.11 Å². The van der Waals surface area contributed by atoms with Crippen LogP contribution in [0.1, 0.15) is 24.2 Å². The number of halogens is 2. The highest BCUT2D eigenvalue weighted by Crippen LogP contribution is 2.30. The summed E-state index contributed by atoms with van der Waals surface area (Å²) in [7, 11) is 0. The second-order valence-electron chi connectivity index (χ2n) is 3.70. The molecule has 2 aromatic rings. The monoisotopic (exact) mass is 270 g/mol. The molecule has 0 saturated carbocycles. The Labute approximate surface area is 110 Å². The summed E-state index contributed by atoms with van der Waals surface area (Å²) < 4.78 is 1.75. The number of hydrogen-bond acceptors (Lipinski definition) is 2. The third-order valence-electron chi connectivity index (χ3n) is 2.55. The zero-order chi connectivity index (χ0) is 12.4. The van der Waals surface area contributed by atoms with Gasteiger partial charge in [-0.05, 0) is 25.1 Å². The molecule has 1 unspecified atom stereocenters. The van der Waals surface area contributed by atoms with E-state index in [4.69, 9.17) is 23.2 Å². The van der Waals surface area contributed by atoms with E-state index in [1.165, 1.54) is 0 Å². The molecule has 1 aromatic heterocycles. The fourth-order valence-corrected chi connectivity index (χ4v) is 2.00. The fraction of sp³-hybridized carbons (Fsp3) is 0.250. The highest BCUT2D eigenvalue weighted by atomic mass is 35.5. The maximum absolute atomic E-state index is 10.2. The molecule has 0 radical (unpaired) electrons. The zero-order valence-corrected chi connectivity index (χ0v) is 10.8. The van der Waals surface area contributed by atoms with E-state index in [1.54, 1.807) is 35.3 Å². The van der Waals surface area contributed by atoms with Gasteiger partial charge in [0.2, 0.25) is 0 Å². The number of aryl methyl sites for hydroxylation is 1. The molecule has 1 aromatic carbocycles. The van der Waals surface area contributed by atoms with E-state index >= 15 is 0 Å². The Morgan fingerprint density at radius 1 is 1.41 bits per heavy atom. The van der Waals surface area contributed by atoms with E-state index in [9.17, 15) is 5.11 Å². The number of benzene rings is 1. The second kappa shape index (κ2) is 5.08. The van der Waals surface area contributed by atoms with Crippen LogP contribution in [0.25, 0.3) is 0 Å². The van der Waals surface area contributed by atoms with E-state index in [2.05, 4.69) is 5.10 Å². The molecule has 0 aliphatic heterocycles. The van der Waals surface area contributed by atoms with Crippen molar-refractivity contribution in [1.82, 2.24) is 9.78 Å². The molecule has 0 fully saturated rings. The Kier molecular flexibility index (Phi) is 3.72. The van der Waals surface area contributed by atoms with Crippen LogP contribution in [-0.4, -0.2) is 14.9 Å². The lowest BCUT2D eigenvalue weighted by molar-refractivity contribution is 0.220. The van der Waals surface area contributed by atoms with Crippen LogP contribution in [0.4, 0.5) is 0 Å². The van der Waals surface area contributed by atoms with Gasteiger partial charge in [0.05, 0.1) is 6.20 Å². The summed E-state index contributed by atoms with van der Waals surface area (Å²) in [6.45, 7) is 2.74. The van der Waals surface area contributed by atoms with Gasteiger partial charge in [-0.2, -0.15) is 5.10 Å². The van der Waals surface area contributed by atoms with Crippen LogP contribution in [0.5, 0.6) is 0 Å². The van der Waals surface area contributed by atoms with E-state index in [0.29, 0.717) is 21.2 Å². The highest BCUT2D eigenvalue weighted by molar-refractivity contribution is 6.33. The maximum atomic E-state index is 10.2. The number of rotatable bonds is 3. The minimum Gasteiger partial charge on any atom is -0.383 e. The Bertz CT molecular complexity index is 525. The van der Waals surface area contributed by atoms with Gasteiger partial charge in [0, 0.05) is 33.9 Å². The summed E-state index contributed by atoms with van der Waals surface area (Å²) in [5, 5.41) is 15.4. The lowest BCUT2D eigenvalue weighted by Crippen LogP contribution is -1.99. The Morgan fingerprint density at radius 3 is 2.82 bits per heavy atom. The maximum Gasteiger partial charge on any atom is 0.109 e. The van der Waals surface area contributed by atoms with Crippen molar-refractivity contribution in [3.8, 4) is 0 Å². The average Bonchev–Trinajstić information content (AvgIpc) is 2.80. The fourth-order valence-electron chi connectivity index (χ4n) is 1.60. The second-order valence-corrected chi connectivity index (χ2v) is 4.54. The molecule has 0 amide bonds. The van der Waals surface area contributed by atoms with Crippen LogP contribution >= 0.6 is 23.2 Å². The Morgan fingerprint density at radius 2 is 2.18 bits per heavy atom. The summed E-state index contributed by atoms with van der Waals surface area (Å²) in [4.78, 5) is 0. The van der Waals surface area contributed by atoms with Crippen molar-refractivity contribution in [1.29, 1.82) is 0 Å². The third-order valence-corrected chi connectivity index (χ3v) is 3.12. The van der Waals surface area contributed by atoms with Gasteiger partial charge in [-0.15, -0.1) is 0 Å². The number of hydrogen-bond donors (Lipinski definition) is 1. The van der Waals surface area contributed by atoms with Crippen LogP contribution in [0.15, 0.2) is 30.6 Å². The largest absolute Gasteiger partial charge is 0.383 e. The van der Waals surface area contributed by atoms with Crippen molar-refractivity contribution in [3.05, 3.63) is 51.8 Å². The van der Waals surface area contributed by atoms with Crippen molar-refractivity contribution < 1.29 is 5.11 Å². The lowest BCUT2D eigenvalue weighted by Gasteiger charge is -2.11. The molecule has 2 rings (SSSR count). The molecule has 90 valence electrons. The van der Waals surface area contributed by atoms with Crippen molar-refractivity contribution >= 4 is 23.2 Å². The number of aliphatic hydroxyl groups is 1. The van der Waals surface area contributed by atoms with Gasteiger partial charge in [0.1, 0.15) is 6.10 Å². The summed E-state index contributed by atoms with van der Waals surface area (Å²) in [6.07, 6.45) is 2.62.